The number of carbonyl (C=O) groups is 1. The monoisotopic (exact) mass is 439 g/mol. The smallest absolute Gasteiger partial charge is 0.374 e. The van der Waals surface area contributed by atoms with Crippen molar-refractivity contribution >= 4 is 38.6 Å². The Kier molecular flexibility index (Phi) is 6.26. The van der Waals surface area contributed by atoms with Gasteiger partial charge in [0.15, 0.2) is 0 Å². The first-order chi connectivity index (χ1) is 13.7. The van der Waals surface area contributed by atoms with Gasteiger partial charge < -0.3 is 9.15 Å². The Morgan fingerprint density at radius 1 is 1.24 bits per heavy atom. The van der Waals surface area contributed by atoms with E-state index in [-0.39, 0.29) is 35.3 Å². The van der Waals surface area contributed by atoms with Crippen molar-refractivity contribution in [2.75, 3.05) is 13.2 Å². The third-order valence-electron chi connectivity index (χ3n) is 4.38. The van der Waals surface area contributed by atoms with E-state index < -0.39 is 21.8 Å². The van der Waals surface area contributed by atoms with Gasteiger partial charge in [-0.3, -0.25) is 0 Å². The van der Waals surface area contributed by atoms with E-state index in [1.165, 1.54) is 30.3 Å². The molecule has 0 amide bonds. The highest BCUT2D eigenvalue weighted by Crippen LogP contribution is 2.28. The molecule has 0 fully saturated rings. The molecule has 3 aromatic rings. The minimum Gasteiger partial charge on any atom is -0.460 e. The van der Waals surface area contributed by atoms with Gasteiger partial charge in [0.2, 0.25) is 15.8 Å². The molecule has 0 radical (unpaired) electrons. The lowest BCUT2D eigenvalue weighted by molar-refractivity contribution is 0.0491. The topological polar surface area (TPSA) is 85.6 Å². The summed E-state index contributed by atoms with van der Waals surface area (Å²) in [5.41, 5.74) is 1.24. The first-order valence-corrected chi connectivity index (χ1v) is 10.7. The SMILES string of the molecule is CCOC(=O)c1oc2ccc(S(=O)(=O)NCCc3ccc(Cl)cc3F)cc2c1C. The quantitative estimate of drug-likeness (QED) is 0.557. The number of hydrogen-bond acceptors (Lipinski definition) is 5. The number of fused-ring (bicyclic) bond motifs is 1. The zero-order valence-electron chi connectivity index (χ0n) is 15.8. The number of hydrogen-bond donors (Lipinski definition) is 1. The van der Waals surface area contributed by atoms with E-state index in [0.29, 0.717) is 22.1 Å². The third-order valence-corrected chi connectivity index (χ3v) is 6.07. The second-order valence-electron chi connectivity index (χ2n) is 6.32. The lowest BCUT2D eigenvalue weighted by Crippen LogP contribution is -2.26. The summed E-state index contributed by atoms with van der Waals surface area (Å²) in [6.07, 6.45) is 0.169. The zero-order valence-corrected chi connectivity index (χ0v) is 17.4. The van der Waals surface area contributed by atoms with Gasteiger partial charge in [0.1, 0.15) is 11.4 Å². The summed E-state index contributed by atoms with van der Waals surface area (Å²) in [5, 5.41) is 0.775. The number of esters is 1. The molecular formula is C20H19ClFNO5S. The lowest BCUT2D eigenvalue weighted by atomic mass is 10.1. The van der Waals surface area contributed by atoms with Crippen LogP contribution in [-0.2, 0) is 21.2 Å². The summed E-state index contributed by atoms with van der Waals surface area (Å²) in [4.78, 5) is 12.0. The molecule has 0 aliphatic heterocycles. The van der Waals surface area contributed by atoms with E-state index in [4.69, 9.17) is 20.8 Å². The highest BCUT2D eigenvalue weighted by molar-refractivity contribution is 7.89. The van der Waals surface area contributed by atoms with Gasteiger partial charge in [0.05, 0.1) is 11.5 Å². The van der Waals surface area contributed by atoms with Crippen LogP contribution in [0.3, 0.4) is 0 Å². The molecule has 0 spiro atoms. The van der Waals surface area contributed by atoms with Gasteiger partial charge in [-0.2, -0.15) is 0 Å². The number of aryl methyl sites for hydroxylation is 1. The van der Waals surface area contributed by atoms with E-state index in [1.807, 2.05) is 0 Å². The standard InChI is InChI=1S/C20H19ClFNO5S/c1-3-27-20(24)19-12(2)16-11-15(6-7-18(16)28-19)29(25,26)23-9-8-13-4-5-14(21)10-17(13)22/h4-7,10-11,23H,3,8-9H2,1-2H3. The van der Waals surface area contributed by atoms with Crippen LogP contribution in [0.4, 0.5) is 4.39 Å². The average Bonchev–Trinajstić information content (AvgIpc) is 3.00. The molecule has 1 N–H and O–H groups in total. The molecular weight excluding hydrogens is 421 g/mol. The Hall–Kier alpha value is -2.42. The van der Waals surface area contributed by atoms with Crippen LogP contribution >= 0.6 is 11.6 Å². The van der Waals surface area contributed by atoms with Gasteiger partial charge in [0, 0.05) is 22.5 Å². The molecule has 0 bridgehead atoms. The zero-order chi connectivity index (χ0) is 21.2. The van der Waals surface area contributed by atoms with E-state index in [1.54, 1.807) is 19.9 Å². The minimum atomic E-state index is -3.84. The molecule has 2 aromatic carbocycles. The summed E-state index contributed by atoms with van der Waals surface area (Å²) in [5.74, 6) is -1.05. The Morgan fingerprint density at radius 2 is 2.00 bits per heavy atom. The highest BCUT2D eigenvalue weighted by atomic mass is 35.5. The predicted octanol–water partition coefficient (Wildman–Crippen LogP) is 4.23. The molecule has 154 valence electrons. The largest absolute Gasteiger partial charge is 0.460 e. The predicted molar refractivity (Wildman–Crippen MR) is 107 cm³/mol. The van der Waals surface area contributed by atoms with Crippen LogP contribution in [0.2, 0.25) is 5.02 Å². The molecule has 29 heavy (non-hydrogen) atoms. The molecule has 0 aliphatic carbocycles. The number of nitrogens with one attached hydrogen (secondary N) is 1. The number of halogens is 2. The Morgan fingerprint density at radius 3 is 2.69 bits per heavy atom. The van der Waals surface area contributed by atoms with Crippen LogP contribution in [0.1, 0.15) is 28.6 Å². The molecule has 9 heteroatoms. The van der Waals surface area contributed by atoms with E-state index in [0.717, 1.165) is 0 Å². The van der Waals surface area contributed by atoms with Gasteiger partial charge in [-0.05, 0) is 56.2 Å². The van der Waals surface area contributed by atoms with Crippen molar-refractivity contribution in [3.63, 3.8) is 0 Å². The highest BCUT2D eigenvalue weighted by Gasteiger charge is 2.21. The van der Waals surface area contributed by atoms with E-state index >= 15 is 0 Å². The Balaban J connectivity index is 1.79. The normalized spacial score (nSPS) is 11.7. The fourth-order valence-corrected chi connectivity index (χ4v) is 4.10. The van der Waals surface area contributed by atoms with Crippen molar-refractivity contribution in [1.29, 1.82) is 0 Å². The second-order valence-corrected chi connectivity index (χ2v) is 8.52. The van der Waals surface area contributed by atoms with Crippen LogP contribution in [0.5, 0.6) is 0 Å². The molecule has 0 unspecified atom stereocenters. The van der Waals surface area contributed by atoms with E-state index in [2.05, 4.69) is 4.72 Å². The number of benzene rings is 2. The minimum absolute atomic E-state index is 0.0113. The second kappa shape index (κ2) is 8.52. The van der Waals surface area contributed by atoms with Gasteiger partial charge in [-0.15, -0.1) is 0 Å². The average molecular weight is 440 g/mol. The number of ether oxygens (including phenoxy) is 1. The Bertz CT molecular complexity index is 1170. The van der Waals surface area contributed by atoms with Crippen molar-refractivity contribution in [3.8, 4) is 0 Å². The Labute approximate surface area is 172 Å². The molecule has 0 saturated carbocycles. The molecule has 0 saturated heterocycles. The summed E-state index contributed by atoms with van der Waals surface area (Å²) < 4.78 is 51.9. The maximum atomic E-state index is 13.8. The van der Waals surface area contributed by atoms with Crippen LogP contribution in [0, 0.1) is 12.7 Å². The van der Waals surface area contributed by atoms with E-state index in [9.17, 15) is 17.6 Å². The fourth-order valence-electron chi connectivity index (χ4n) is 2.89. The number of rotatable bonds is 7. The maximum absolute atomic E-state index is 13.8. The number of carbonyl (C=O) groups excluding carboxylic acids is 1. The molecule has 0 atom stereocenters. The molecule has 1 aromatic heterocycles. The van der Waals surface area contributed by atoms with Crippen LogP contribution in [0.25, 0.3) is 11.0 Å². The van der Waals surface area contributed by atoms with Gasteiger partial charge in [-0.1, -0.05) is 17.7 Å². The number of sulfonamides is 1. The molecule has 3 rings (SSSR count). The van der Waals surface area contributed by atoms with Crippen LogP contribution < -0.4 is 4.72 Å². The summed E-state index contributed by atoms with van der Waals surface area (Å²) in [6, 6.07) is 8.54. The molecule has 1 heterocycles. The van der Waals surface area contributed by atoms with Crippen molar-refractivity contribution in [3.05, 3.63) is 64.1 Å². The lowest BCUT2D eigenvalue weighted by Gasteiger charge is -2.08. The third kappa shape index (κ3) is 4.60. The van der Waals surface area contributed by atoms with Gasteiger partial charge in [0.25, 0.3) is 0 Å². The van der Waals surface area contributed by atoms with Crippen molar-refractivity contribution in [1.82, 2.24) is 4.72 Å². The van der Waals surface area contributed by atoms with Crippen LogP contribution in [0.15, 0.2) is 45.7 Å². The fraction of sp³-hybridized carbons (Fsp3) is 0.250. The van der Waals surface area contributed by atoms with Crippen molar-refractivity contribution in [2.24, 2.45) is 0 Å². The van der Waals surface area contributed by atoms with Crippen LogP contribution in [-0.4, -0.2) is 27.5 Å². The van der Waals surface area contributed by atoms with Gasteiger partial charge >= 0.3 is 5.97 Å². The maximum Gasteiger partial charge on any atom is 0.374 e. The molecule has 0 aliphatic rings. The first kappa shape index (κ1) is 21.3. The molecule has 6 nitrogen and oxygen atoms in total. The number of furan rings is 1. The summed E-state index contributed by atoms with van der Waals surface area (Å²) in [7, 11) is -3.84. The van der Waals surface area contributed by atoms with Gasteiger partial charge in [-0.25, -0.2) is 22.3 Å². The van der Waals surface area contributed by atoms with Crippen molar-refractivity contribution in [2.45, 2.75) is 25.2 Å². The van der Waals surface area contributed by atoms with Crippen molar-refractivity contribution < 1.29 is 26.8 Å². The summed E-state index contributed by atoms with van der Waals surface area (Å²) >= 11 is 5.71. The first-order valence-electron chi connectivity index (χ1n) is 8.86. The summed E-state index contributed by atoms with van der Waals surface area (Å²) in [6.45, 7) is 3.55.